The third-order valence-electron chi connectivity index (χ3n) is 16.6. The molecule has 2 bridgehead atoms. The average molecular weight is 826 g/mol. The predicted molar refractivity (Wildman–Crippen MR) is 267 cm³/mol. The fourth-order valence-electron chi connectivity index (χ4n) is 14.2. The van der Waals surface area contributed by atoms with E-state index >= 15 is 0 Å². The summed E-state index contributed by atoms with van der Waals surface area (Å²) >= 11 is 0. The van der Waals surface area contributed by atoms with Crippen molar-refractivity contribution in [2.24, 2.45) is 17.8 Å². The molecule has 64 heavy (non-hydrogen) atoms. The van der Waals surface area contributed by atoms with Crippen LogP contribution in [0.3, 0.4) is 0 Å². The quantitative estimate of drug-likeness (QED) is 0.172. The Kier molecular flexibility index (Phi) is 7.50. The minimum absolute atomic E-state index is 0.000664. The first kappa shape index (κ1) is 36.6. The first-order valence-electron chi connectivity index (χ1n) is 23.7. The second-order valence-corrected chi connectivity index (χ2v) is 20.1. The minimum atomic E-state index is -0.129. The fourth-order valence-corrected chi connectivity index (χ4v) is 14.2. The van der Waals surface area contributed by atoms with E-state index in [-0.39, 0.29) is 10.8 Å². The molecule has 3 nitrogen and oxygen atoms in total. The summed E-state index contributed by atoms with van der Waals surface area (Å²) in [4.78, 5) is 2.59. The van der Waals surface area contributed by atoms with Crippen LogP contribution in [0.4, 0.5) is 17.1 Å². The van der Waals surface area contributed by atoms with E-state index in [1.807, 2.05) is 0 Å². The molecule has 4 atom stereocenters. The van der Waals surface area contributed by atoms with Crippen molar-refractivity contribution in [1.29, 1.82) is 0 Å². The molecule has 0 radical (unpaired) electrons. The van der Waals surface area contributed by atoms with E-state index in [1.54, 1.807) is 11.1 Å². The van der Waals surface area contributed by atoms with E-state index in [4.69, 9.17) is 0 Å². The van der Waals surface area contributed by atoms with Gasteiger partial charge in [0, 0.05) is 49.4 Å². The highest BCUT2D eigenvalue weighted by molar-refractivity contribution is 6.18. The lowest BCUT2D eigenvalue weighted by Gasteiger charge is -2.57. The van der Waals surface area contributed by atoms with E-state index < -0.39 is 0 Å². The topological polar surface area (TPSA) is 13.1 Å². The predicted octanol–water partition coefficient (Wildman–Crippen LogP) is 16.1. The third-order valence-corrected chi connectivity index (χ3v) is 16.6. The second kappa shape index (κ2) is 13.1. The van der Waals surface area contributed by atoms with Gasteiger partial charge in [0.2, 0.25) is 0 Å². The van der Waals surface area contributed by atoms with Crippen LogP contribution in [0, 0.1) is 17.8 Å². The van der Waals surface area contributed by atoms with Crippen LogP contribution in [-0.2, 0) is 10.8 Å². The molecule has 3 aliphatic carbocycles. The average Bonchev–Trinajstić information content (AvgIpc) is 3.93. The number of aromatic nitrogens is 2. The Morgan fingerprint density at radius 2 is 1.08 bits per heavy atom. The van der Waals surface area contributed by atoms with E-state index in [0.29, 0.717) is 11.8 Å². The van der Waals surface area contributed by atoms with Gasteiger partial charge < -0.3 is 14.0 Å². The van der Waals surface area contributed by atoms with Crippen LogP contribution < -0.4 is 4.90 Å². The normalized spacial score (nSPS) is 21.4. The Balaban J connectivity index is 1.05. The zero-order valence-electron chi connectivity index (χ0n) is 36.9. The molecule has 8 aromatic carbocycles. The third kappa shape index (κ3) is 4.67. The van der Waals surface area contributed by atoms with Crippen LogP contribution in [0.25, 0.3) is 66.1 Å². The summed E-state index contributed by atoms with van der Waals surface area (Å²) in [6, 6.07) is 67.2. The lowest BCUT2D eigenvalue weighted by atomic mass is 9.47. The van der Waals surface area contributed by atoms with Crippen LogP contribution in [0.5, 0.6) is 0 Å². The van der Waals surface area contributed by atoms with Crippen molar-refractivity contribution in [3.8, 4) is 22.5 Å². The molecule has 3 heterocycles. The monoisotopic (exact) mass is 825 g/mol. The molecule has 3 heteroatoms. The molecule has 1 aliphatic heterocycles. The number of nitrogens with zero attached hydrogens (tertiary/aromatic N) is 3. The molecule has 1 unspecified atom stereocenters. The first-order chi connectivity index (χ1) is 31.4. The Bertz CT molecular complexity index is 3490. The van der Waals surface area contributed by atoms with Gasteiger partial charge in [-0.05, 0) is 144 Å². The highest BCUT2D eigenvalue weighted by Crippen LogP contribution is 2.64. The van der Waals surface area contributed by atoms with Crippen molar-refractivity contribution in [1.82, 2.24) is 9.13 Å². The van der Waals surface area contributed by atoms with Crippen LogP contribution in [-0.4, -0.2) is 9.13 Å². The number of fused-ring (bicyclic) bond motifs is 11. The largest absolute Gasteiger partial charge is 0.310 e. The lowest BCUT2D eigenvalue weighted by Crippen LogP contribution is -2.52. The van der Waals surface area contributed by atoms with Crippen LogP contribution in [0.15, 0.2) is 176 Å². The smallest absolute Gasteiger partial charge is 0.0603 e. The fraction of sp³-hybridized carbons (Fsp3) is 0.213. The van der Waals surface area contributed by atoms with Gasteiger partial charge in [0.25, 0.3) is 0 Å². The maximum absolute atomic E-state index is 2.66. The number of anilines is 3. The summed E-state index contributed by atoms with van der Waals surface area (Å²) in [5.41, 5.74) is 19.7. The van der Waals surface area contributed by atoms with Gasteiger partial charge in [0.15, 0.2) is 0 Å². The summed E-state index contributed by atoms with van der Waals surface area (Å²) in [6.45, 7) is 7.32. The molecule has 2 saturated carbocycles. The van der Waals surface area contributed by atoms with E-state index in [1.165, 1.54) is 115 Å². The minimum Gasteiger partial charge on any atom is -0.310 e. The van der Waals surface area contributed by atoms with Gasteiger partial charge in [-0.3, -0.25) is 0 Å². The maximum Gasteiger partial charge on any atom is 0.0603 e. The Labute approximate surface area is 375 Å². The van der Waals surface area contributed by atoms with Crippen molar-refractivity contribution in [3.05, 3.63) is 198 Å². The van der Waals surface area contributed by atoms with Gasteiger partial charge >= 0.3 is 0 Å². The zero-order chi connectivity index (χ0) is 42.5. The van der Waals surface area contributed by atoms with Gasteiger partial charge in [0.05, 0.1) is 33.4 Å². The van der Waals surface area contributed by atoms with E-state index in [9.17, 15) is 0 Å². The molecule has 0 saturated heterocycles. The first-order valence-corrected chi connectivity index (χ1v) is 23.7. The molecular formula is C61H51N3. The van der Waals surface area contributed by atoms with Gasteiger partial charge in [-0.1, -0.05) is 136 Å². The number of para-hydroxylation sites is 4. The number of hydrogen-bond donors (Lipinski definition) is 0. The molecule has 1 spiro atoms. The van der Waals surface area contributed by atoms with Crippen LogP contribution >= 0.6 is 0 Å². The number of hydrogen-bond acceptors (Lipinski definition) is 1. The standard InChI is InChI=1S/C61H51N3/c1-38-35-39-15-14-16-40(36-38)61(39)50-22-9-13-26-56(50)64-55-25-12-7-20-48(55)58-57(34-33-51(61)59(58)64)62(43-31-32-45-44-17-4-8-21-49(44)60(2,3)52(45)37-43)41-27-29-42(30-28-41)63-53-23-10-5-18-46(53)47-19-6-11-24-54(47)63/h4-13,17-34,37-40H,14-16,35-36H2,1-3H3/t38-,39-,40+,61?. The summed E-state index contributed by atoms with van der Waals surface area (Å²) in [7, 11) is 0. The molecule has 310 valence electrons. The Morgan fingerprint density at radius 1 is 0.500 bits per heavy atom. The molecule has 14 rings (SSSR count). The molecule has 10 aromatic rings. The summed E-state index contributed by atoms with van der Waals surface area (Å²) < 4.78 is 5.09. The number of rotatable bonds is 4. The van der Waals surface area contributed by atoms with Crippen molar-refractivity contribution < 1.29 is 0 Å². The van der Waals surface area contributed by atoms with Gasteiger partial charge in [-0.2, -0.15) is 0 Å². The van der Waals surface area contributed by atoms with Crippen LogP contribution in [0.1, 0.15) is 75.1 Å². The molecule has 2 fully saturated rings. The SMILES string of the molecule is C[C@@H]1C[C@H]2CCC[C@@H](C1)C21c2ccccc2-n2c3ccccc3c3c(N(c4ccc(-n5c6ccccc6c6ccccc65)cc4)c4ccc5c(c4)C(C)(C)c4ccccc4-5)ccc1c32. The molecular weight excluding hydrogens is 775 g/mol. The highest BCUT2D eigenvalue weighted by Gasteiger charge is 2.56. The van der Waals surface area contributed by atoms with Crippen molar-refractivity contribution in [3.63, 3.8) is 0 Å². The van der Waals surface area contributed by atoms with Gasteiger partial charge in [-0.15, -0.1) is 0 Å². The summed E-state index contributed by atoms with van der Waals surface area (Å²) in [5, 5.41) is 5.23. The summed E-state index contributed by atoms with van der Waals surface area (Å²) in [5.74, 6) is 2.01. The van der Waals surface area contributed by atoms with Gasteiger partial charge in [0.1, 0.15) is 0 Å². The zero-order valence-corrected chi connectivity index (χ0v) is 36.9. The molecule has 4 aliphatic rings. The Hall–Kier alpha value is -6.84. The molecule has 2 aromatic heterocycles. The van der Waals surface area contributed by atoms with Crippen molar-refractivity contribution in [2.75, 3.05) is 4.90 Å². The Morgan fingerprint density at radius 3 is 1.80 bits per heavy atom. The van der Waals surface area contributed by atoms with Crippen molar-refractivity contribution >= 4 is 60.7 Å². The van der Waals surface area contributed by atoms with Crippen LogP contribution in [0.2, 0.25) is 0 Å². The van der Waals surface area contributed by atoms with Crippen molar-refractivity contribution in [2.45, 2.75) is 63.7 Å². The molecule has 0 N–H and O–H groups in total. The van der Waals surface area contributed by atoms with Gasteiger partial charge in [-0.25, -0.2) is 0 Å². The number of benzene rings is 8. The lowest BCUT2D eigenvalue weighted by molar-refractivity contribution is 0.0532. The second-order valence-electron chi connectivity index (χ2n) is 20.1. The molecule has 0 amide bonds. The highest BCUT2D eigenvalue weighted by atomic mass is 15.2. The van der Waals surface area contributed by atoms with E-state index in [0.717, 1.165) is 17.3 Å². The van der Waals surface area contributed by atoms with E-state index in [2.05, 4.69) is 211 Å². The summed E-state index contributed by atoms with van der Waals surface area (Å²) in [6.07, 6.45) is 6.54. The maximum atomic E-state index is 2.66.